The van der Waals surface area contributed by atoms with Gasteiger partial charge in [-0.1, -0.05) is 18.6 Å². The number of hydrogen-bond donors (Lipinski definition) is 2. The zero-order valence-corrected chi connectivity index (χ0v) is 20.8. The van der Waals surface area contributed by atoms with Gasteiger partial charge in [0.05, 0.1) is 11.9 Å². The Morgan fingerprint density at radius 1 is 1.17 bits per heavy atom. The molecule has 2 N–H and O–H groups in total. The Hall–Kier alpha value is -3.32. The summed E-state index contributed by atoms with van der Waals surface area (Å²) in [4.78, 5) is 28.3. The first kappa shape index (κ1) is 24.4. The van der Waals surface area contributed by atoms with Crippen molar-refractivity contribution in [3.63, 3.8) is 0 Å². The van der Waals surface area contributed by atoms with Gasteiger partial charge in [0.1, 0.15) is 16.5 Å². The first-order valence-electron chi connectivity index (χ1n) is 11.2. The Balaban J connectivity index is 1.50. The Bertz CT molecular complexity index is 1520. The molecule has 3 aliphatic rings. The molecule has 0 bridgehead atoms. The molecular weight excluding hydrogens is 511 g/mol. The van der Waals surface area contributed by atoms with Crippen LogP contribution in [0.3, 0.4) is 0 Å². The van der Waals surface area contributed by atoms with Crippen molar-refractivity contribution in [1.82, 2.24) is 4.90 Å². The van der Waals surface area contributed by atoms with Gasteiger partial charge >= 0.3 is 0 Å². The summed E-state index contributed by atoms with van der Waals surface area (Å²) in [6, 6.07) is 9.52. The summed E-state index contributed by atoms with van der Waals surface area (Å²) < 4.78 is 68.5. The van der Waals surface area contributed by atoms with Crippen LogP contribution in [0.2, 0.25) is 0 Å². The third-order valence-corrected chi connectivity index (χ3v) is 8.69. The lowest BCUT2D eigenvalue weighted by atomic mass is 9.60. The van der Waals surface area contributed by atoms with Crippen molar-refractivity contribution in [3.8, 4) is 0 Å². The van der Waals surface area contributed by atoms with Gasteiger partial charge in [0.25, 0.3) is 10.0 Å². The Morgan fingerprint density at radius 2 is 1.86 bits per heavy atom. The highest BCUT2D eigenvalue weighted by Gasteiger charge is 2.56. The minimum absolute atomic E-state index is 0.0315. The average molecular weight is 535 g/mol. The SMILES string of the molecule is CS(=O)(=O)Nc1ccc2c(c1)S(=O)(=O)N=C(C1C(=O)N(Cc3ccc(F)cc3)CC3(CCC3)C1=O)N2. The van der Waals surface area contributed by atoms with Crippen molar-refractivity contribution in [2.45, 2.75) is 30.7 Å². The van der Waals surface area contributed by atoms with E-state index in [0.29, 0.717) is 18.4 Å². The Kier molecular flexibility index (Phi) is 5.67. The lowest BCUT2D eigenvalue weighted by Crippen LogP contribution is -2.62. The molecule has 1 spiro atoms. The molecule has 2 fully saturated rings. The van der Waals surface area contributed by atoms with E-state index in [1.54, 1.807) is 12.1 Å². The van der Waals surface area contributed by atoms with Gasteiger partial charge < -0.3 is 10.2 Å². The van der Waals surface area contributed by atoms with Crippen molar-refractivity contribution in [1.29, 1.82) is 0 Å². The Labute approximate surface area is 207 Å². The third kappa shape index (κ3) is 4.37. The minimum Gasteiger partial charge on any atom is -0.341 e. The van der Waals surface area contributed by atoms with Crippen LogP contribution in [0.5, 0.6) is 0 Å². The van der Waals surface area contributed by atoms with E-state index in [1.165, 1.54) is 29.2 Å². The second-order valence-corrected chi connectivity index (χ2v) is 12.7. The third-order valence-electron chi connectivity index (χ3n) is 6.75. The highest BCUT2D eigenvalue weighted by Crippen LogP contribution is 2.48. The molecule has 1 saturated heterocycles. The number of hydrogen-bond acceptors (Lipinski definition) is 7. The van der Waals surface area contributed by atoms with Crippen molar-refractivity contribution >= 4 is 48.9 Å². The van der Waals surface area contributed by atoms with E-state index in [1.807, 2.05) is 0 Å². The molecule has 1 unspecified atom stereocenters. The van der Waals surface area contributed by atoms with Crippen LogP contribution < -0.4 is 10.0 Å². The molecule has 0 radical (unpaired) electrons. The zero-order valence-electron chi connectivity index (χ0n) is 19.2. The van der Waals surface area contributed by atoms with Gasteiger partial charge in [0.15, 0.2) is 11.7 Å². The van der Waals surface area contributed by atoms with E-state index in [2.05, 4.69) is 14.4 Å². The van der Waals surface area contributed by atoms with Crippen molar-refractivity contribution in [2.75, 3.05) is 22.8 Å². The number of anilines is 2. The van der Waals surface area contributed by atoms with Gasteiger partial charge in [-0.3, -0.25) is 14.3 Å². The van der Waals surface area contributed by atoms with Crippen LogP contribution in [-0.4, -0.2) is 52.1 Å². The highest BCUT2D eigenvalue weighted by atomic mass is 32.2. The number of amidine groups is 1. The van der Waals surface area contributed by atoms with E-state index >= 15 is 0 Å². The number of nitrogens with zero attached hydrogens (tertiary/aromatic N) is 2. The number of nitrogens with one attached hydrogen (secondary N) is 2. The number of carbonyl (C=O) groups excluding carboxylic acids is 2. The lowest BCUT2D eigenvalue weighted by Gasteiger charge is -2.49. The molecule has 2 aromatic rings. The van der Waals surface area contributed by atoms with Crippen LogP contribution >= 0.6 is 0 Å². The van der Waals surface area contributed by atoms with Crippen LogP contribution in [-0.2, 0) is 36.2 Å². The highest BCUT2D eigenvalue weighted by molar-refractivity contribution is 7.92. The summed E-state index contributed by atoms with van der Waals surface area (Å²) in [6.07, 6.45) is 2.90. The predicted octanol–water partition coefficient (Wildman–Crippen LogP) is 2.11. The first-order chi connectivity index (χ1) is 16.9. The lowest BCUT2D eigenvalue weighted by molar-refractivity contribution is -0.157. The maximum absolute atomic E-state index is 13.5. The largest absolute Gasteiger partial charge is 0.341 e. The maximum Gasteiger partial charge on any atom is 0.286 e. The molecule has 1 amide bonds. The van der Waals surface area contributed by atoms with Crippen LogP contribution in [0.15, 0.2) is 51.8 Å². The molecule has 2 heterocycles. The molecule has 2 aliphatic heterocycles. The number of benzene rings is 2. The summed E-state index contributed by atoms with van der Waals surface area (Å²) in [5, 5.41) is 2.83. The number of fused-ring (bicyclic) bond motifs is 1. The standard InChI is InChI=1S/C23H23FN4O6S2/c1-35(31,32)26-16-7-8-17-18(11-16)36(33,34)27-21(25-17)19-20(29)23(9-2-10-23)13-28(22(19)30)12-14-3-5-15(24)6-4-14/h3-8,11,19,26H,2,9-10,12-13H2,1H3,(H,25,27). The number of piperidine rings is 1. The van der Waals surface area contributed by atoms with Crippen molar-refractivity contribution < 1.29 is 30.8 Å². The van der Waals surface area contributed by atoms with Gasteiger partial charge in [-0.15, -0.1) is 4.40 Å². The molecule has 2 aromatic carbocycles. The first-order valence-corrected chi connectivity index (χ1v) is 14.5. The second-order valence-electron chi connectivity index (χ2n) is 9.41. The van der Waals surface area contributed by atoms with E-state index in [9.17, 15) is 30.8 Å². The summed E-state index contributed by atoms with van der Waals surface area (Å²) in [5.74, 6) is -3.07. The number of likely N-dealkylation sites (tertiary alicyclic amines) is 1. The average Bonchev–Trinajstić information content (AvgIpc) is 2.75. The molecule has 0 aromatic heterocycles. The van der Waals surface area contributed by atoms with Crippen LogP contribution in [0.1, 0.15) is 24.8 Å². The molecule has 36 heavy (non-hydrogen) atoms. The molecule has 190 valence electrons. The fourth-order valence-corrected chi connectivity index (χ4v) is 6.63. The van der Waals surface area contributed by atoms with E-state index in [-0.39, 0.29) is 41.0 Å². The summed E-state index contributed by atoms with van der Waals surface area (Å²) in [6.45, 7) is 0.345. The molecule has 1 atom stereocenters. The zero-order chi connectivity index (χ0) is 25.9. The fourth-order valence-electron chi connectivity index (χ4n) is 4.90. The van der Waals surface area contributed by atoms with Gasteiger partial charge in [-0.05, 0) is 48.7 Å². The molecular formula is C23H23FN4O6S2. The molecule has 1 saturated carbocycles. The summed E-state index contributed by atoms with van der Waals surface area (Å²) in [5.41, 5.74) is 0.00697. The number of carbonyl (C=O) groups is 2. The molecule has 1 aliphatic carbocycles. The summed E-state index contributed by atoms with van der Waals surface area (Å²) in [7, 11) is -7.99. The van der Waals surface area contributed by atoms with Crippen LogP contribution in [0.25, 0.3) is 0 Å². The minimum atomic E-state index is -4.35. The monoisotopic (exact) mass is 534 g/mol. The maximum atomic E-state index is 13.5. The van der Waals surface area contributed by atoms with Gasteiger partial charge in [-0.25, -0.2) is 12.8 Å². The van der Waals surface area contributed by atoms with Crippen LogP contribution in [0, 0.1) is 17.2 Å². The number of rotatable bonds is 5. The van der Waals surface area contributed by atoms with E-state index in [4.69, 9.17) is 0 Å². The number of Topliss-reactive ketones (excluding diaryl/α,β-unsaturated/α-hetero) is 1. The topological polar surface area (TPSA) is 142 Å². The summed E-state index contributed by atoms with van der Waals surface area (Å²) >= 11 is 0. The van der Waals surface area contributed by atoms with E-state index < -0.39 is 43.1 Å². The Morgan fingerprint density at radius 3 is 2.47 bits per heavy atom. The number of amides is 1. The predicted molar refractivity (Wildman–Crippen MR) is 130 cm³/mol. The smallest absolute Gasteiger partial charge is 0.286 e. The van der Waals surface area contributed by atoms with E-state index in [0.717, 1.165) is 18.7 Å². The van der Waals surface area contributed by atoms with Crippen molar-refractivity contribution in [2.24, 2.45) is 15.7 Å². The number of ketones is 1. The van der Waals surface area contributed by atoms with Crippen LogP contribution in [0.4, 0.5) is 15.8 Å². The molecule has 13 heteroatoms. The number of sulfonamides is 2. The van der Waals surface area contributed by atoms with Gasteiger partial charge in [0.2, 0.25) is 15.9 Å². The fraction of sp³-hybridized carbons (Fsp3) is 0.348. The van der Waals surface area contributed by atoms with Crippen molar-refractivity contribution in [3.05, 3.63) is 53.8 Å². The molecule has 10 nitrogen and oxygen atoms in total. The second kappa shape index (κ2) is 8.37. The quantitative estimate of drug-likeness (QED) is 0.560. The normalized spacial score (nSPS) is 22.3. The van der Waals surface area contributed by atoms with Gasteiger partial charge in [-0.2, -0.15) is 8.42 Å². The molecule has 5 rings (SSSR count). The number of halogens is 1. The van der Waals surface area contributed by atoms with Gasteiger partial charge in [0, 0.05) is 24.2 Å².